The second kappa shape index (κ2) is 6.54. The van der Waals surface area contributed by atoms with Gasteiger partial charge in [0.1, 0.15) is 5.75 Å². The third-order valence-electron chi connectivity index (χ3n) is 2.82. The van der Waals surface area contributed by atoms with E-state index in [2.05, 4.69) is 26.0 Å². The van der Waals surface area contributed by atoms with Gasteiger partial charge in [-0.3, -0.25) is 0 Å². The average Bonchev–Trinajstić information content (AvgIpc) is 2.28. The minimum atomic E-state index is 0.253. The lowest BCUT2D eigenvalue weighted by Gasteiger charge is -2.18. The van der Waals surface area contributed by atoms with E-state index in [0.717, 1.165) is 18.6 Å². The average molecular weight is 222 g/mol. The normalized spacial score (nSPS) is 12.8. The Morgan fingerprint density at radius 1 is 1.19 bits per heavy atom. The van der Waals surface area contributed by atoms with Gasteiger partial charge in [0.25, 0.3) is 0 Å². The summed E-state index contributed by atoms with van der Waals surface area (Å²) in [6.07, 6.45) is 1.96. The quantitative estimate of drug-likeness (QED) is 0.801. The van der Waals surface area contributed by atoms with Gasteiger partial charge in [-0.15, -0.1) is 0 Å². The number of ether oxygens (including phenoxy) is 1. The second-order valence-electron chi connectivity index (χ2n) is 4.61. The first-order valence-electron chi connectivity index (χ1n) is 5.92. The van der Waals surface area contributed by atoms with Crippen molar-refractivity contribution < 1.29 is 9.84 Å². The topological polar surface area (TPSA) is 29.5 Å². The van der Waals surface area contributed by atoms with Gasteiger partial charge in [-0.1, -0.05) is 26.0 Å². The maximum atomic E-state index is 9.09. The van der Waals surface area contributed by atoms with Crippen LogP contribution in [0.4, 0.5) is 0 Å². The number of hydrogen-bond donors (Lipinski definition) is 1. The van der Waals surface area contributed by atoms with Gasteiger partial charge in [0.2, 0.25) is 0 Å². The van der Waals surface area contributed by atoms with Crippen LogP contribution in [0.5, 0.6) is 5.75 Å². The fraction of sp³-hybridized carbons (Fsp3) is 0.571. The standard InChI is InChI=1S/C14H22O2/c1-11(2)10-13(8-9-15)12-4-6-14(16-3)7-5-12/h4-7,11,13,15H,8-10H2,1-3H3. The van der Waals surface area contributed by atoms with Crippen LogP contribution in [0.15, 0.2) is 24.3 Å². The molecule has 16 heavy (non-hydrogen) atoms. The molecule has 1 N–H and O–H groups in total. The Balaban J connectivity index is 2.75. The molecule has 0 amide bonds. The number of methoxy groups -OCH3 is 1. The maximum absolute atomic E-state index is 9.09. The predicted molar refractivity (Wildman–Crippen MR) is 66.9 cm³/mol. The molecule has 0 aliphatic heterocycles. The Morgan fingerprint density at radius 2 is 1.81 bits per heavy atom. The lowest BCUT2D eigenvalue weighted by molar-refractivity contribution is 0.267. The van der Waals surface area contributed by atoms with Crippen LogP contribution < -0.4 is 4.74 Å². The van der Waals surface area contributed by atoms with E-state index in [1.807, 2.05) is 12.1 Å². The molecule has 0 saturated heterocycles. The van der Waals surface area contributed by atoms with E-state index >= 15 is 0 Å². The van der Waals surface area contributed by atoms with Crippen molar-refractivity contribution in [3.05, 3.63) is 29.8 Å². The summed E-state index contributed by atoms with van der Waals surface area (Å²) < 4.78 is 5.14. The molecule has 0 aromatic heterocycles. The largest absolute Gasteiger partial charge is 0.497 e. The van der Waals surface area contributed by atoms with E-state index in [1.165, 1.54) is 5.56 Å². The van der Waals surface area contributed by atoms with Crippen molar-refractivity contribution in [2.45, 2.75) is 32.6 Å². The monoisotopic (exact) mass is 222 g/mol. The van der Waals surface area contributed by atoms with Gasteiger partial charge < -0.3 is 9.84 Å². The van der Waals surface area contributed by atoms with Crippen LogP contribution in [-0.4, -0.2) is 18.8 Å². The van der Waals surface area contributed by atoms with Crippen molar-refractivity contribution in [3.63, 3.8) is 0 Å². The van der Waals surface area contributed by atoms with Gasteiger partial charge in [0.05, 0.1) is 7.11 Å². The van der Waals surface area contributed by atoms with Gasteiger partial charge in [-0.2, -0.15) is 0 Å². The Morgan fingerprint density at radius 3 is 2.25 bits per heavy atom. The van der Waals surface area contributed by atoms with Crippen molar-refractivity contribution >= 4 is 0 Å². The molecule has 0 aliphatic rings. The van der Waals surface area contributed by atoms with Gasteiger partial charge in [0, 0.05) is 6.61 Å². The fourth-order valence-electron chi connectivity index (χ4n) is 2.02. The van der Waals surface area contributed by atoms with Crippen molar-refractivity contribution in [2.24, 2.45) is 5.92 Å². The number of benzene rings is 1. The summed E-state index contributed by atoms with van der Waals surface area (Å²) in [5, 5.41) is 9.09. The number of aliphatic hydroxyl groups excluding tert-OH is 1. The zero-order valence-electron chi connectivity index (χ0n) is 10.4. The Labute approximate surface area is 98.3 Å². The molecule has 1 aromatic carbocycles. The zero-order valence-corrected chi connectivity index (χ0v) is 10.4. The highest BCUT2D eigenvalue weighted by Gasteiger charge is 2.12. The minimum Gasteiger partial charge on any atom is -0.497 e. The first-order chi connectivity index (χ1) is 7.67. The summed E-state index contributed by atoms with van der Waals surface area (Å²) in [6, 6.07) is 8.17. The van der Waals surface area contributed by atoms with E-state index in [9.17, 15) is 0 Å². The third-order valence-corrected chi connectivity index (χ3v) is 2.82. The molecule has 1 aromatic rings. The Hall–Kier alpha value is -1.02. The summed E-state index contributed by atoms with van der Waals surface area (Å²) in [5.41, 5.74) is 1.29. The molecule has 90 valence electrons. The Kier molecular flexibility index (Phi) is 5.33. The molecule has 1 unspecified atom stereocenters. The van der Waals surface area contributed by atoms with E-state index in [1.54, 1.807) is 7.11 Å². The summed E-state index contributed by atoms with van der Waals surface area (Å²) in [5.74, 6) is 1.99. The summed E-state index contributed by atoms with van der Waals surface area (Å²) in [7, 11) is 1.67. The molecule has 1 rings (SSSR count). The number of hydrogen-bond acceptors (Lipinski definition) is 2. The molecule has 0 bridgehead atoms. The SMILES string of the molecule is COc1ccc(C(CCO)CC(C)C)cc1. The van der Waals surface area contributed by atoms with Crippen LogP contribution >= 0.6 is 0 Å². The molecule has 0 fully saturated rings. The zero-order chi connectivity index (χ0) is 12.0. The van der Waals surface area contributed by atoms with Gasteiger partial charge >= 0.3 is 0 Å². The number of rotatable bonds is 6. The third kappa shape index (κ3) is 3.86. The first-order valence-corrected chi connectivity index (χ1v) is 5.92. The van der Waals surface area contributed by atoms with E-state index in [4.69, 9.17) is 9.84 Å². The van der Waals surface area contributed by atoms with E-state index < -0.39 is 0 Å². The highest BCUT2D eigenvalue weighted by molar-refractivity contribution is 5.29. The molecular formula is C14H22O2. The molecule has 0 aliphatic carbocycles. The van der Waals surface area contributed by atoms with E-state index in [-0.39, 0.29) is 6.61 Å². The summed E-state index contributed by atoms with van der Waals surface area (Å²) >= 11 is 0. The molecule has 0 saturated carbocycles. The van der Waals surface area contributed by atoms with Crippen molar-refractivity contribution in [3.8, 4) is 5.75 Å². The summed E-state index contributed by atoms with van der Waals surface area (Å²) in [4.78, 5) is 0. The molecule has 2 heteroatoms. The summed E-state index contributed by atoms with van der Waals surface area (Å²) in [6.45, 7) is 4.69. The highest BCUT2D eigenvalue weighted by atomic mass is 16.5. The minimum absolute atomic E-state index is 0.253. The fourth-order valence-corrected chi connectivity index (χ4v) is 2.02. The molecular weight excluding hydrogens is 200 g/mol. The highest BCUT2D eigenvalue weighted by Crippen LogP contribution is 2.28. The molecule has 0 spiro atoms. The van der Waals surface area contributed by atoms with Gasteiger partial charge in [0.15, 0.2) is 0 Å². The predicted octanol–water partition coefficient (Wildman–Crippen LogP) is 3.21. The van der Waals surface area contributed by atoms with Crippen LogP contribution in [0.2, 0.25) is 0 Å². The lowest BCUT2D eigenvalue weighted by atomic mass is 9.88. The smallest absolute Gasteiger partial charge is 0.118 e. The van der Waals surface area contributed by atoms with Crippen LogP contribution in [0.25, 0.3) is 0 Å². The van der Waals surface area contributed by atoms with Gasteiger partial charge in [-0.05, 0) is 42.4 Å². The molecule has 2 nitrogen and oxygen atoms in total. The van der Waals surface area contributed by atoms with Crippen LogP contribution in [0.3, 0.4) is 0 Å². The lowest BCUT2D eigenvalue weighted by Crippen LogP contribution is -2.05. The van der Waals surface area contributed by atoms with Crippen LogP contribution in [0, 0.1) is 5.92 Å². The van der Waals surface area contributed by atoms with Gasteiger partial charge in [-0.25, -0.2) is 0 Å². The molecule has 1 atom stereocenters. The van der Waals surface area contributed by atoms with Crippen molar-refractivity contribution in [2.75, 3.05) is 13.7 Å². The molecule has 0 radical (unpaired) electrons. The van der Waals surface area contributed by atoms with Crippen molar-refractivity contribution in [1.29, 1.82) is 0 Å². The van der Waals surface area contributed by atoms with Crippen LogP contribution in [0.1, 0.15) is 38.2 Å². The van der Waals surface area contributed by atoms with Crippen LogP contribution in [-0.2, 0) is 0 Å². The molecule has 0 heterocycles. The first kappa shape index (κ1) is 13.0. The second-order valence-corrected chi connectivity index (χ2v) is 4.61. The van der Waals surface area contributed by atoms with E-state index in [0.29, 0.717) is 11.8 Å². The van der Waals surface area contributed by atoms with Crippen molar-refractivity contribution in [1.82, 2.24) is 0 Å². The Bertz CT molecular complexity index is 290. The number of aliphatic hydroxyl groups is 1. The maximum Gasteiger partial charge on any atom is 0.118 e.